The van der Waals surface area contributed by atoms with Crippen molar-refractivity contribution >= 4 is 22.8 Å². The molecule has 0 fully saturated rings. The number of hydrogen-bond donors (Lipinski definition) is 3. The lowest BCUT2D eigenvalue weighted by Gasteiger charge is -2.12. The SMILES string of the molecule is CN=C(NCCNC(=O)C(C)C)NCc1oc2ccccc2c1C. The van der Waals surface area contributed by atoms with Crippen LogP contribution in [-0.4, -0.2) is 32.0 Å². The molecule has 0 unspecified atom stereocenters. The number of amides is 1. The number of aliphatic imine (C=N–C) groups is 1. The molecule has 0 spiro atoms. The first kappa shape index (κ1) is 17.8. The molecule has 3 N–H and O–H groups in total. The number of guanidine groups is 1. The zero-order valence-corrected chi connectivity index (χ0v) is 14.8. The van der Waals surface area contributed by atoms with Crippen LogP contribution in [0.5, 0.6) is 0 Å². The fourth-order valence-electron chi connectivity index (χ4n) is 2.35. The van der Waals surface area contributed by atoms with Gasteiger partial charge in [0.2, 0.25) is 5.91 Å². The Kier molecular flexibility index (Phi) is 6.23. The zero-order valence-electron chi connectivity index (χ0n) is 14.8. The topological polar surface area (TPSA) is 78.7 Å². The molecule has 0 saturated carbocycles. The summed E-state index contributed by atoms with van der Waals surface area (Å²) in [6, 6.07) is 8.00. The van der Waals surface area contributed by atoms with E-state index in [-0.39, 0.29) is 11.8 Å². The number of benzene rings is 1. The summed E-state index contributed by atoms with van der Waals surface area (Å²) < 4.78 is 5.87. The Balaban J connectivity index is 1.83. The van der Waals surface area contributed by atoms with Crippen LogP contribution in [0.15, 0.2) is 33.7 Å². The Hall–Kier alpha value is -2.50. The summed E-state index contributed by atoms with van der Waals surface area (Å²) in [6.45, 7) is 7.52. The second-order valence-electron chi connectivity index (χ2n) is 5.94. The molecule has 2 aromatic rings. The maximum atomic E-state index is 11.5. The zero-order chi connectivity index (χ0) is 17.5. The Morgan fingerprint density at radius 1 is 1.17 bits per heavy atom. The van der Waals surface area contributed by atoms with E-state index in [1.807, 2.05) is 32.0 Å². The van der Waals surface area contributed by atoms with Gasteiger partial charge in [-0.2, -0.15) is 0 Å². The molecule has 0 aliphatic heterocycles. The van der Waals surface area contributed by atoms with Gasteiger partial charge in [0.1, 0.15) is 11.3 Å². The maximum absolute atomic E-state index is 11.5. The van der Waals surface area contributed by atoms with Crippen molar-refractivity contribution < 1.29 is 9.21 Å². The highest BCUT2D eigenvalue weighted by molar-refractivity contribution is 5.83. The largest absolute Gasteiger partial charge is 0.459 e. The van der Waals surface area contributed by atoms with Gasteiger partial charge in [-0.05, 0) is 13.0 Å². The van der Waals surface area contributed by atoms with Gasteiger partial charge >= 0.3 is 0 Å². The number of para-hydroxylation sites is 1. The molecule has 1 aromatic carbocycles. The van der Waals surface area contributed by atoms with E-state index in [1.165, 1.54) is 0 Å². The number of furan rings is 1. The molecule has 0 aliphatic carbocycles. The molecule has 0 atom stereocenters. The van der Waals surface area contributed by atoms with Gasteiger partial charge in [0.15, 0.2) is 5.96 Å². The van der Waals surface area contributed by atoms with Gasteiger partial charge in [0, 0.05) is 37.0 Å². The standard InChI is InChI=1S/C18H26N4O2/c1-12(2)17(23)20-9-10-21-18(19-4)22-11-16-13(3)14-7-5-6-8-15(14)24-16/h5-8,12H,9-11H2,1-4H3,(H,20,23)(H2,19,21,22). The Morgan fingerprint density at radius 3 is 2.54 bits per heavy atom. The lowest BCUT2D eigenvalue weighted by Crippen LogP contribution is -2.41. The molecule has 24 heavy (non-hydrogen) atoms. The molecule has 2 rings (SSSR count). The number of rotatable bonds is 6. The van der Waals surface area contributed by atoms with Gasteiger partial charge < -0.3 is 20.4 Å². The summed E-state index contributed by atoms with van der Waals surface area (Å²) in [5, 5.41) is 10.4. The Bertz CT molecular complexity index is 719. The third-order valence-corrected chi connectivity index (χ3v) is 3.82. The van der Waals surface area contributed by atoms with E-state index in [0.717, 1.165) is 22.3 Å². The van der Waals surface area contributed by atoms with Gasteiger partial charge in [0.25, 0.3) is 0 Å². The van der Waals surface area contributed by atoms with E-state index in [9.17, 15) is 4.79 Å². The van der Waals surface area contributed by atoms with Crippen LogP contribution in [0.1, 0.15) is 25.2 Å². The van der Waals surface area contributed by atoms with Gasteiger partial charge in [0.05, 0.1) is 6.54 Å². The number of nitrogens with one attached hydrogen (secondary N) is 3. The van der Waals surface area contributed by atoms with Crippen molar-refractivity contribution in [3.8, 4) is 0 Å². The molecule has 0 aliphatic rings. The monoisotopic (exact) mass is 330 g/mol. The summed E-state index contributed by atoms with van der Waals surface area (Å²) in [4.78, 5) is 15.7. The first-order chi connectivity index (χ1) is 11.5. The third kappa shape index (κ3) is 4.50. The van der Waals surface area contributed by atoms with Crippen LogP contribution in [0.3, 0.4) is 0 Å². The quantitative estimate of drug-likeness (QED) is 0.431. The lowest BCUT2D eigenvalue weighted by molar-refractivity contribution is -0.123. The highest BCUT2D eigenvalue weighted by atomic mass is 16.3. The average molecular weight is 330 g/mol. The predicted molar refractivity (Wildman–Crippen MR) is 97.0 cm³/mol. The fourth-order valence-corrected chi connectivity index (χ4v) is 2.35. The second kappa shape index (κ2) is 8.38. The molecule has 1 aromatic heterocycles. The molecule has 0 radical (unpaired) electrons. The van der Waals surface area contributed by atoms with Crippen molar-refractivity contribution in [3.05, 3.63) is 35.6 Å². The van der Waals surface area contributed by atoms with Gasteiger partial charge in [-0.15, -0.1) is 0 Å². The fraction of sp³-hybridized carbons (Fsp3) is 0.444. The van der Waals surface area contributed by atoms with Crippen molar-refractivity contribution in [2.75, 3.05) is 20.1 Å². The number of nitrogens with zero attached hydrogens (tertiary/aromatic N) is 1. The average Bonchev–Trinajstić information content (AvgIpc) is 2.90. The van der Waals surface area contributed by atoms with Crippen molar-refractivity contribution in [2.45, 2.75) is 27.3 Å². The Labute approximate surface area is 142 Å². The second-order valence-corrected chi connectivity index (χ2v) is 5.94. The minimum Gasteiger partial charge on any atom is -0.459 e. The van der Waals surface area contributed by atoms with E-state index in [1.54, 1.807) is 7.05 Å². The van der Waals surface area contributed by atoms with Crippen molar-refractivity contribution in [3.63, 3.8) is 0 Å². The van der Waals surface area contributed by atoms with Gasteiger partial charge in [-0.1, -0.05) is 32.0 Å². The molecule has 1 amide bonds. The molecule has 0 bridgehead atoms. The van der Waals surface area contributed by atoms with Crippen LogP contribution < -0.4 is 16.0 Å². The van der Waals surface area contributed by atoms with E-state index in [4.69, 9.17) is 4.42 Å². The van der Waals surface area contributed by atoms with Gasteiger partial charge in [-0.3, -0.25) is 9.79 Å². The first-order valence-electron chi connectivity index (χ1n) is 8.22. The van der Waals surface area contributed by atoms with E-state index in [2.05, 4.69) is 33.9 Å². The normalized spacial score (nSPS) is 11.8. The summed E-state index contributed by atoms with van der Waals surface area (Å²) in [5.41, 5.74) is 2.03. The minimum absolute atomic E-state index is 0.00139. The van der Waals surface area contributed by atoms with Crippen LogP contribution in [0, 0.1) is 12.8 Å². The first-order valence-corrected chi connectivity index (χ1v) is 8.22. The Morgan fingerprint density at radius 2 is 1.88 bits per heavy atom. The third-order valence-electron chi connectivity index (χ3n) is 3.82. The summed E-state index contributed by atoms with van der Waals surface area (Å²) >= 11 is 0. The van der Waals surface area contributed by atoms with Crippen LogP contribution in [0.4, 0.5) is 0 Å². The van der Waals surface area contributed by atoms with Gasteiger partial charge in [-0.25, -0.2) is 0 Å². The summed E-state index contributed by atoms with van der Waals surface area (Å²) in [5.74, 6) is 1.62. The number of carbonyl (C=O) groups excluding carboxylic acids is 1. The number of hydrogen-bond acceptors (Lipinski definition) is 3. The van der Waals surface area contributed by atoms with Crippen LogP contribution >= 0.6 is 0 Å². The highest BCUT2D eigenvalue weighted by Gasteiger charge is 2.10. The predicted octanol–water partition coefficient (Wildman–Crippen LogP) is 2.18. The highest BCUT2D eigenvalue weighted by Crippen LogP contribution is 2.24. The van der Waals surface area contributed by atoms with Crippen molar-refractivity contribution in [2.24, 2.45) is 10.9 Å². The molecular weight excluding hydrogens is 304 g/mol. The maximum Gasteiger partial charge on any atom is 0.222 e. The van der Waals surface area contributed by atoms with Crippen LogP contribution in [-0.2, 0) is 11.3 Å². The minimum atomic E-state index is -0.00139. The van der Waals surface area contributed by atoms with Crippen LogP contribution in [0.25, 0.3) is 11.0 Å². The molecule has 6 heteroatoms. The van der Waals surface area contributed by atoms with Crippen LogP contribution in [0.2, 0.25) is 0 Å². The smallest absolute Gasteiger partial charge is 0.222 e. The lowest BCUT2D eigenvalue weighted by atomic mass is 10.1. The van der Waals surface area contributed by atoms with E-state index >= 15 is 0 Å². The number of carbonyl (C=O) groups is 1. The van der Waals surface area contributed by atoms with E-state index < -0.39 is 0 Å². The summed E-state index contributed by atoms with van der Waals surface area (Å²) in [7, 11) is 1.72. The summed E-state index contributed by atoms with van der Waals surface area (Å²) in [6.07, 6.45) is 0. The van der Waals surface area contributed by atoms with Crippen molar-refractivity contribution in [1.29, 1.82) is 0 Å². The molecule has 130 valence electrons. The molecule has 0 saturated heterocycles. The molecular formula is C18H26N4O2. The number of aryl methyl sites for hydroxylation is 1. The van der Waals surface area contributed by atoms with Crippen molar-refractivity contribution in [1.82, 2.24) is 16.0 Å². The molecule has 1 heterocycles. The molecule has 6 nitrogen and oxygen atoms in total. The number of fused-ring (bicyclic) bond motifs is 1. The van der Waals surface area contributed by atoms with E-state index in [0.29, 0.717) is 25.6 Å².